The van der Waals surface area contributed by atoms with Gasteiger partial charge in [-0.05, 0) is 31.4 Å². The molecule has 0 aromatic heterocycles. The third-order valence-electron chi connectivity index (χ3n) is 3.52. The predicted molar refractivity (Wildman–Crippen MR) is 60.6 cm³/mol. The van der Waals surface area contributed by atoms with E-state index >= 15 is 0 Å². The molecule has 1 aliphatic rings. The molecule has 2 rings (SSSR count). The third kappa shape index (κ3) is 2.32. The van der Waals surface area contributed by atoms with Crippen LogP contribution in [0.2, 0.25) is 0 Å². The van der Waals surface area contributed by atoms with Gasteiger partial charge in [-0.25, -0.2) is 0 Å². The van der Waals surface area contributed by atoms with Gasteiger partial charge in [-0.3, -0.25) is 4.79 Å². The second-order valence-corrected chi connectivity index (χ2v) is 5.32. The molecule has 19 heavy (non-hydrogen) atoms. The van der Waals surface area contributed by atoms with Crippen LogP contribution >= 0.6 is 0 Å². The molecule has 0 heterocycles. The SMILES string of the molecule is CC1(O)CC(C(=O)O)(c2cccc(C(F)(F)F)c2)C1. The minimum atomic E-state index is -4.51. The lowest BCUT2D eigenvalue weighted by molar-refractivity contribution is -0.162. The fraction of sp³-hybridized carbons (Fsp3) is 0.462. The van der Waals surface area contributed by atoms with Gasteiger partial charge >= 0.3 is 12.1 Å². The number of carboxylic acid groups (broad SMARTS) is 1. The van der Waals surface area contributed by atoms with Gasteiger partial charge in [0.1, 0.15) is 0 Å². The highest BCUT2D eigenvalue weighted by Crippen LogP contribution is 2.51. The lowest BCUT2D eigenvalue weighted by Gasteiger charge is -2.49. The number of aliphatic carboxylic acids is 1. The van der Waals surface area contributed by atoms with Crippen LogP contribution in [0.5, 0.6) is 0 Å². The summed E-state index contributed by atoms with van der Waals surface area (Å²) in [6.45, 7) is 1.47. The molecule has 1 fully saturated rings. The molecule has 0 spiro atoms. The number of halogens is 3. The van der Waals surface area contributed by atoms with Gasteiger partial charge < -0.3 is 10.2 Å². The Morgan fingerprint density at radius 1 is 1.32 bits per heavy atom. The first-order valence-electron chi connectivity index (χ1n) is 5.70. The molecule has 0 radical (unpaired) electrons. The summed E-state index contributed by atoms with van der Waals surface area (Å²) < 4.78 is 37.9. The van der Waals surface area contributed by atoms with E-state index in [1.165, 1.54) is 19.1 Å². The van der Waals surface area contributed by atoms with Gasteiger partial charge in [0.15, 0.2) is 0 Å². The van der Waals surface area contributed by atoms with Crippen molar-refractivity contribution in [2.45, 2.75) is 37.0 Å². The Kier molecular flexibility index (Phi) is 2.89. The number of benzene rings is 1. The van der Waals surface area contributed by atoms with Gasteiger partial charge in [0, 0.05) is 0 Å². The van der Waals surface area contributed by atoms with Crippen molar-refractivity contribution in [1.82, 2.24) is 0 Å². The minimum absolute atomic E-state index is 0.0846. The molecule has 3 nitrogen and oxygen atoms in total. The molecular formula is C13H13F3O3. The van der Waals surface area contributed by atoms with Crippen LogP contribution in [0.15, 0.2) is 24.3 Å². The Morgan fingerprint density at radius 2 is 1.89 bits per heavy atom. The number of carbonyl (C=O) groups is 1. The minimum Gasteiger partial charge on any atom is -0.481 e. The second-order valence-electron chi connectivity index (χ2n) is 5.32. The predicted octanol–water partition coefficient (Wildman–Crippen LogP) is 2.57. The molecule has 1 aromatic rings. The summed E-state index contributed by atoms with van der Waals surface area (Å²) in [7, 11) is 0. The van der Waals surface area contributed by atoms with E-state index in [2.05, 4.69) is 0 Å². The lowest BCUT2D eigenvalue weighted by atomic mass is 9.56. The van der Waals surface area contributed by atoms with Crippen molar-refractivity contribution < 1.29 is 28.2 Å². The van der Waals surface area contributed by atoms with E-state index in [0.29, 0.717) is 0 Å². The molecule has 104 valence electrons. The first-order chi connectivity index (χ1) is 8.57. The van der Waals surface area contributed by atoms with Crippen molar-refractivity contribution in [3.05, 3.63) is 35.4 Å². The zero-order valence-corrected chi connectivity index (χ0v) is 10.2. The van der Waals surface area contributed by atoms with E-state index < -0.39 is 28.7 Å². The topological polar surface area (TPSA) is 57.5 Å². The first kappa shape index (κ1) is 13.9. The number of carboxylic acids is 1. The summed E-state index contributed by atoms with van der Waals surface area (Å²) in [6.07, 6.45) is -4.69. The normalized spacial score (nSPS) is 30.8. The second kappa shape index (κ2) is 3.96. The van der Waals surface area contributed by atoms with Gasteiger partial charge in [-0.15, -0.1) is 0 Å². The Bertz CT molecular complexity index is 512. The Hall–Kier alpha value is -1.56. The van der Waals surface area contributed by atoms with Crippen molar-refractivity contribution in [2.75, 3.05) is 0 Å². The van der Waals surface area contributed by atoms with Crippen molar-refractivity contribution in [1.29, 1.82) is 0 Å². The molecule has 0 atom stereocenters. The van der Waals surface area contributed by atoms with Crippen molar-refractivity contribution in [3.63, 3.8) is 0 Å². The van der Waals surface area contributed by atoms with Crippen LogP contribution in [-0.4, -0.2) is 21.8 Å². The van der Waals surface area contributed by atoms with E-state index in [9.17, 15) is 28.2 Å². The van der Waals surface area contributed by atoms with Gasteiger partial charge in [-0.1, -0.05) is 18.2 Å². The fourth-order valence-corrected chi connectivity index (χ4v) is 2.72. The molecule has 1 aromatic carbocycles. The van der Waals surface area contributed by atoms with Crippen LogP contribution < -0.4 is 0 Å². The van der Waals surface area contributed by atoms with Crippen LogP contribution in [0.25, 0.3) is 0 Å². The Balaban J connectivity index is 2.43. The van der Waals surface area contributed by atoms with Crippen LogP contribution in [-0.2, 0) is 16.4 Å². The van der Waals surface area contributed by atoms with Gasteiger partial charge in [0.25, 0.3) is 0 Å². The summed E-state index contributed by atoms with van der Waals surface area (Å²) in [6, 6.07) is 4.30. The highest BCUT2D eigenvalue weighted by Gasteiger charge is 2.57. The molecule has 0 aliphatic heterocycles. The molecule has 0 unspecified atom stereocenters. The van der Waals surface area contributed by atoms with Crippen LogP contribution in [0.1, 0.15) is 30.9 Å². The molecule has 1 saturated carbocycles. The van der Waals surface area contributed by atoms with E-state index in [1.807, 2.05) is 0 Å². The summed E-state index contributed by atoms with van der Waals surface area (Å²) in [5.74, 6) is -1.21. The van der Waals surface area contributed by atoms with Crippen LogP contribution in [0.4, 0.5) is 13.2 Å². The zero-order chi connectivity index (χ0) is 14.5. The average Bonchev–Trinajstić information content (AvgIpc) is 2.24. The molecule has 1 aliphatic carbocycles. The van der Waals surface area contributed by atoms with Crippen molar-refractivity contribution in [2.24, 2.45) is 0 Å². The van der Waals surface area contributed by atoms with Crippen molar-refractivity contribution in [3.8, 4) is 0 Å². The number of rotatable bonds is 2. The fourth-order valence-electron chi connectivity index (χ4n) is 2.72. The maximum atomic E-state index is 12.6. The number of aliphatic hydroxyl groups is 1. The average molecular weight is 274 g/mol. The van der Waals surface area contributed by atoms with E-state index in [1.54, 1.807) is 0 Å². The van der Waals surface area contributed by atoms with Crippen LogP contribution in [0.3, 0.4) is 0 Å². The molecule has 2 N–H and O–H groups in total. The molecule has 6 heteroatoms. The molecule has 0 amide bonds. The highest BCUT2D eigenvalue weighted by molar-refractivity contribution is 5.83. The monoisotopic (exact) mass is 274 g/mol. The standard InChI is InChI=1S/C13H13F3O3/c1-11(19)6-12(7-11,10(17)18)8-3-2-4-9(5-8)13(14,15)16/h2-5,19H,6-7H2,1H3,(H,17,18). The quantitative estimate of drug-likeness (QED) is 0.871. The number of hydrogen-bond acceptors (Lipinski definition) is 2. The molecule has 0 saturated heterocycles. The maximum absolute atomic E-state index is 12.6. The maximum Gasteiger partial charge on any atom is 0.416 e. The van der Waals surface area contributed by atoms with E-state index in [4.69, 9.17) is 0 Å². The highest BCUT2D eigenvalue weighted by atomic mass is 19.4. The van der Waals surface area contributed by atoms with Gasteiger partial charge in [0.2, 0.25) is 0 Å². The van der Waals surface area contributed by atoms with Crippen molar-refractivity contribution >= 4 is 5.97 Å². The Labute approximate surface area is 107 Å². The summed E-state index contributed by atoms with van der Waals surface area (Å²) in [5.41, 5.74) is -3.37. The van der Waals surface area contributed by atoms with E-state index in [0.717, 1.165) is 12.1 Å². The van der Waals surface area contributed by atoms with E-state index in [-0.39, 0.29) is 18.4 Å². The summed E-state index contributed by atoms with van der Waals surface area (Å²) in [4.78, 5) is 11.4. The lowest BCUT2D eigenvalue weighted by Crippen LogP contribution is -2.57. The van der Waals surface area contributed by atoms with Gasteiger partial charge in [0.05, 0.1) is 16.6 Å². The molecular weight excluding hydrogens is 261 g/mol. The summed E-state index contributed by atoms with van der Waals surface area (Å²) in [5, 5.41) is 19.0. The Morgan fingerprint density at radius 3 is 2.32 bits per heavy atom. The third-order valence-corrected chi connectivity index (χ3v) is 3.52. The summed E-state index contributed by atoms with van der Waals surface area (Å²) >= 11 is 0. The molecule has 0 bridgehead atoms. The van der Waals surface area contributed by atoms with Crippen LogP contribution in [0, 0.1) is 0 Å². The van der Waals surface area contributed by atoms with Gasteiger partial charge in [-0.2, -0.15) is 13.2 Å². The first-order valence-corrected chi connectivity index (χ1v) is 5.70. The smallest absolute Gasteiger partial charge is 0.416 e. The zero-order valence-electron chi connectivity index (χ0n) is 10.2. The number of alkyl halides is 3. The number of hydrogen-bond donors (Lipinski definition) is 2. The largest absolute Gasteiger partial charge is 0.481 e.